The average Bonchev–Trinajstić information content (AvgIpc) is 2.68. The van der Waals surface area contributed by atoms with E-state index in [2.05, 4.69) is 5.10 Å². The molecular weight excluding hydrogens is 378 g/mol. The third-order valence-corrected chi connectivity index (χ3v) is 4.35. The van der Waals surface area contributed by atoms with Gasteiger partial charge in [-0.15, -0.1) is 0 Å². The number of carboxylic acids is 1. The predicted molar refractivity (Wildman–Crippen MR) is 107 cm³/mol. The summed E-state index contributed by atoms with van der Waals surface area (Å²) in [5, 5.41) is 23.7. The first-order valence-corrected chi connectivity index (χ1v) is 8.60. The molecule has 3 aromatic rings. The molecule has 0 amide bonds. The number of nitriles is 1. The molecule has 1 heterocycles. The lowest BCUT2D eigenvalue weighted by atomic mass is 10.1. The van der Waals surface area contributed by atoms with Crippen LogP contribution in [-0.2, 0) is 0 Å². The largest absolute Gasteiger partial charge is 0.476 e. The molecule has 0 bridgehead atoms. The number of halogens is 1. The zero-order valence-corrected chi connectivity index (χ0v) is 15.5. The Morgan fingerprint density at radius 2 is 1.86 bits per heavy atom. The minimum atomic E-state index is -1.34. The van der Waals surface area contributed by atoms with Crippen LogP contribution in [-0.4, -0.2) is 20.9 Å². The molecule has 0 aliphatic rings. The number of hydrogen-bond acceptors (Lipinski definition) is 4. The van der Waals surface area contributed by atoms with Crippen molar-refractivity contribution in [3.63, 3.8) is 0 Å². The Morgan fingerprint density at radius 3 is 2.46 bits per heavy atom. The molecule has 2 aromatic carbocycles. The molecule has 6 nitrogen and oxygen atoms in total. The maximum atomic E-state index is 12.8. The van der Waals surface area contributed by atoms with E-state index >= 15 is 0 Å². The van der Waals surface area contributed by atoms with Crippen molar-refractivity contribution in [2.24, 2.45) is 0 Å². The van der Waals surface area contributed by atoms with E-state index in [4.69, 9.17) is 11.6 Å². The Morgan fingerprint density at radius 1 is 1.18 bits per heavy atom. The highest BCUT2D eigenvalue weighted by atomic mass is 35.5. The van der Waals surface area contributed by atoms with Crippen LogP contribution in [0.4, 0.5) is 0 Å². The maximum absolute atomic E-state index is 12.8. The molecule has 0 fully saturated rings. The summed E-state index contributed by atoms with van der Waals surface area (Å²) in [7, 11) is 0. The molecule has 3 rings (SSSR count). The SMILES string of the molecule is Cc1ccccc1-n1nc(C(=O)O)c(/C=C\c2ccc(Cl)cc2)c(C#N)c1=O. The number of carboxylic acid groups (broad SMARTS) is 1. The van der Waals surface area contributed by atoms with Gasteiger partial charge >= 0.3 is 5.97 Å². The minimum absolute atomic E-state index is 0.0419. The van der Waals surface area contributed by atoms with E-state index in [1.807, 2.05) is 6.07 Å². The van der Waals surface area contributed by atoms with Crippen LogP contribution in [0.3, 0.4) is 0 Å². The summed E-state index contributed by atoms with van der Waals surface area (Å²) < 4.78 is 0.955. The van der Waals surface area contributed by atoms with Crippen molar-refractivity contribution in [1.82, 2.24) is 9.78 Å². The Kier molecular flexibility index (Phi) is 5.39. The van der Waals surface area contributed by atoms with Crippen LogP contribution in [0.25, 0.3) is 17.8 Å². The zero-order chi connectivity index (χ0) is 20.3. The van der Waals surface area contributed by atoms with Crippen molar-refractivity contribution in [2.75, 3.05) is 0 Å². The van der Waals surface area contributed by atoms with Gasteiger partial charge in [-0.3, -0.25) is 4.79 Å². The second-order valence-corrected chi connectivity index (χ2v) is 6.38. The van der Waals surface area contributed by atoms with Gasteiger partial charge in [0.1, 0.15) is 11.6 Å². The van der Waals surface area contributed by atoms with E-state index in [0.717, 1.165) is 15.8 Å². The summed E-state index contributed by atoms with van der Waals surface area (Å²) in [5.74, 6) is -1.34. The van der Waals surface area contributed by atoms with Crippen molar-refractivity contribution < 1.29 is 9.90 Å². The molecule has 0 unspecified atom stereocenters. The van der Waals surface area contributed by atoms with Crippen LogP contribution in [0, 0.1) is 18.3 Å². The minimum Gasteiger partial charge on any atom is -0.476 e. The molecule has 0 saturated carbocycles. The van der Waals surface area contributed by atoms with Gasteiger partial charge in [-0.1, -0.05) is 54.1 Å². The summed E-state index contributed by atoms with van der Waals surface area (Å²) >= 11 is 5.85. The molecule has 0 aliphatic heterocycles. The van der Waals surface area contributed by atoms with Gasteiger partial charge in [-0.2, -0.15) is 15.0 Å². The van der Waals surface area contributed by atoms with Crippen LogP contribution in [0.5, 0.6) is 0 Å². The Balaban J connectivity index is 2.23. The fourth-order valence-corrected chi connectivity index (χ4v) is 2.81. The Hall–Kier alpha value is -3.69. The third-order valence-electron chi connectivity index (χ3n) is 4.10. The molecule has 0 saturated heterocycles. The summed E-state index contributed by atoms with van der Waals surface area (Å²) in [5.41, 5.74) is 0.469. The number of benzene rings is 2. The van der Waals surface area contributed by atoms with Crippen molar-refractivity contribution >= 4 is 29.7 Å². The fourth-order valence-electron chi connectivity index (χ4n) is 2.68. The summed E-state index contributed by atoms with van der Waals surface area (Å²) in [4.78, 5) is 24.6. The number of hydrogen-bond donors (Lipinski definition) is 1. The number of rotatable bonds is 4. The molecule has 0 aliphatic carbocycles. The normalized spacial score (nSPS) is 10.8. The molecular formula is C21H14ClN3O3. The van der Waals surface area contributed by atoms with E-state index in [-0.39, 0.29) is 16.8 Å². The van der Waals surface area contributed by atoms with Crippen molar-refractivity contribution in [3.8, 4) is 11.8 Å². The predicted octanol–water partition coefficient (Wildman–Crippen LogP) is 3.93. The quantitative estimate of drug-likeness (QED) is 0.726. The van der Waals surface area contributed by atoms with Crippen LogP contribution in [0.15, 0.2) is 53.3 Å². The summed E-state index contributed by atoms with van der Waals surface area (Å²) in [6.45, 7) is 1.77. The highest BCUT2D eigenvalue weighted by Gasteiger charge is 2.21. The van der Waals surface area contributed by atoms with Gasteiger partial charge in [0.2, 0.25) is 0 Å². The van der Waals surface area contributed by atoms with E-state index in [0.29, 0.717) is 10.7 Å². The molecule has 1 N–H and O–H groups in total. The van der Waals surface area contributed by atoms with Crippen LogP contribution < -0.4 is 5.56 Å². The lowest BCUT2D eigenvalue weighted by molar-refractivity contribution is 0.0688. The van der Waals surface area contributed by atoms with E-state index < -0.39 is 11.5 Å². The smallest absolute Gasteiger partial charge is 0.357 e. The van der Waals surface area contributed by atoms with Crippen LogP contribution in [0.2, 0.25) is 5.02 Å². The van der Waals surface area contributed by atoms with E-state index in [1.54, 1.807) is 61.5 Å². The van der Waals surface area contributed by atoms with Crippen molar-refractivity contribution in [3.05, 3.63) is 91.9 Å². The molecule has 7 heteroatoms. The molecule has 28 heavy (non-hydrogen) atoms. The van der Waals surface area contributed by atoms with Crippen LogP contribution in [0.1, 0.15) is 32.7 Å². The summed E-state index contributed by atoms with van der Waals surface area (Å²) in [6.07, 6.45) is 3.00. The lowest BCUT2D eigenvalue weighted by Gasteiger charge is -2.11. The Labute approximate surface area is 165 Å². The van der Waals surface area contributed by atoms with E-state index in [1.165, 1.54) is 6.08 Å². The molecule has 1 aromatic heterocycles. The molecule has 0 atom stereocenters. The number of carbonyl (C=O) groups is 1. The number of nitrogens with zero attached hydrogens (tertiary/aromatic N) is 3. The fraction of sp³-hybridized carbons (Fsp3) is 0.0476. The lowest BCUT2D eigenvalue weighted by Crippen LogP contribution is -2.28. The van der Waals surface area contributed by atoms with Gasteiger partial charge in [0, 0.05) is 10.6 Å². The van der Waals surface area contributed by atoms with E-state index in [9.17, 15) is 20.0 Å². The van der Waals surface area contributed by atoms with Crippen molar-refractivity contribution in [2.45, 2.75) is 6.92 Å². The first-order valence-electron chi connectivity index (χ1n) is 8.22. The van der Waals surface area contributed by atoms with Crippen molar-refractivity contribution in [1.29, 1.82) is 5.26 Å². The summed E-state index contributed by atoms with van der Waals surface area (Å²) in [6, 6.07) is 15.5. The monoisotopic (exact) mass is 391 g/mol. The number of aromatic carboxylic acids is 1. The number of para-hydroxylation sites is 1. The van der Waals surface area contributed by atoms with Crippen LogP contribution >= 0.6 is 11.6 Å². The Bertz CT molecular complexity index is 1190. The first kappa shape index (κ1) is 19.1. The topological polar surface area (TPSA) is 96.0 Å². The third kappa shape index (κ3) is 3.70. The van der Waals surface area contributed by atoms with Gasteiger partial charge in [-0.25, -0.2) is 4.79 Å². The number of aryl methyl sites for hydroxylation is 1. The zero-order valence-electron chi connectivity index (χ0n) is 14.8. The first-order chi connectivity index (χ1) is 13.4. The highest BCUT2D eigenvalue weighted by molar-refractivity contribution is 6.30. The number of aromatic nitrogens is 2. The standard InChI is InChI=1S/C21H14ClN3O3/c1-13-4-2-3-5-18(13)25-20(26)17(12-23)16(19(24-25)21(27)28)11-8-14-6-9-15(22)10-7-14/h2-11H,1H3,(H,27,28)/b11-8-. The average molecular weight is 392 g/mol. The van der Waals surface area contributed by atoms with Gasteiger partial charge in [0.15, 0.2) is 5.69 Å². The maximum Gasteiger partial charge on any atom is 0.357 e. The second-order valence-electron chi connectivity index (χ2n) is 5.94. The second kappa shape index (κ2) is 7.91. The molecule has 0 radical (unpaired) electrons. The van der Waals surface area contributed by atoms with Gasteiger partial charge in [0.25, 0.3) is 5.56 Å². The van der Waals surface area contributed by atoms with Gasteiger partial charge in [0.05, 0.1) is 5.69 Å². The molecule has 138 valence electrons. The van der Waals surface area contributed by atoms with Gasteiger partial charge < -0.3 is 5.11 Å². The molecule has 0 spiro atoms. The highest BCUT2D eigenvalue weighted by Crippen LogP contribution is 2.18. The van der Waals surface area contributed by atoms with Gasteiger partial charge in [-0.05, 0) is 36.2 Å².